The Balaban J connectivity index is 1.36. The highest BCUT2D eigenvalue weighted by Crippen LogP contribution is 2.47. The normalized spacial score (nSPS) is 26.6. The molecule has 1 saturated heterocycles. The second-order valence-corrected chi connectivity index (χ2v) is 8.76. The fraction of sp³-hybridized carbons (Fsp3) is 0.458. The van der Waals surface area contributed by atoms with Crippen molar-refractivity contribution < 1.29 is 14.6 Å². The number of rotatable bonds is 3. The number of likely N-dealkylation sites (tertiary alicyclic amines) is 1. The fourth-order valence-electron chi connectivity index (χ4n) is 5.44. The van der Waals surface area contributed by atoms with Crippen LogP contribution >= 0.6 is 0 Å². The Morgan fingerprint density at radius 3 is 2.29 bits per heavy atom. The first-order valence-corrected chi connectivity index (χ1v) is 10.4. The van der Waals surface area contributed by atoms with Gasteiger partial charge in [-0.15, -0.1) is 0 Å². The van der Waals surface area contributed by atoms with Gasteiger partial charge in [-0.2, -0.15) is 0 Å². The number of β-amino-alcohol motifs (C(OH)–C–C–N with tert-alkyl or cyclic N) is 1. The predicted octanol–water partition coefficient (Wildman–Crippen LogP) is 4.56. The summed E-state index contributed by atoms with van der Waals surface area (Å²) in [5.74, 6) is 0.545. The van der Waals surface area contributed by atoms with E-state index in [2.05, 4.69) is 43.3 Å². The number of aliphatic hydroxyl groups excluding tert-OH is 1. The quantitative estimate of drug-likeness (QED) is 0.853. The van der Waals surface area contributed by atoms with Gasteiger partial charge in [0, 0.05) is 11.5 Å². The van der Waals surface area contributed by atoms with Crippen LogP contribution in [0.3, 0.4) is 0 Å². The number of amides is 1. The third-order valence-corrected chi connectivity index (χ3v) is 7.20. The molecule has 2 aliphatic carbocycles. The molecule has 1 N–H and O–H groups in total. The first-order chi connectivity index (χ1) is 13.6. The van der Waals surface area contributed by atoms with E-state index in [-0.39, 0.29) is 17.6 Å². The van der Waals surface area contributed by atoms with Crippen molar-refractivity contribution in [3.8, 4) is 11.1 Å². The maximum absolute atomic E-state index is 13.0. The molecule has 1 aliphatic heterocycles. The minimum atomic E-state index is -0.453. The molecule has 0 spiro atoms. The highest BCUT2D eigenvalue weighted by Gasteiger charge is 2.51. The molecule has 146 valence electrons. The summed E-state index contributed by atoms with van der Waals surface area (Å²) >= 11 is 0. The summed E-state index contributed by atoms with van der Waals surface area (Å²) in [6, 6.07) is 16.7. The molecule has 28 heavy (non-hydrogen) atoms. The van der Waals surface area contributed by atoms with E-state index in [9.17, 15) is 9.90 Å². The molecule has 2 unspecified atom stereocenters. The van der Waals surface area contributed by atoms with E-state index < -0.39 is 6.10 Å². The maximum atomic E-state index is 13.0. The zero-order chi connectivity index (χ0) is 19.3. The molecular weight excluding hydrogens is 350 g/mol. The Morgan fingerprint density at radius 1 is 1.11 bits per heavy atom. The van der Waals surface area contributed by atoms with Gasteiger partial charge in [-0.1, -0.05) is 55.0 Å². The summed E-state index contributed by atoms with van der Waals surface area (Å²) < 4.78 is 5.86. The number of fused-ring (bicyclic) bond motifs is 3. The highest BCUT2D eigenvalue weighted by molar-refractivity contribution is 5.79. The third kappa shape index (κ3) is 2.66. The van der Waals surface area contributed by atoms with Crippen molar-refractivity contribution in [3.05, 3.63) is 59.7 Å². The standard InChI is InChI=1S/C24H27NO3/c1-24(16-7-6-8-16)13-17(26)14-25(24)23(27)28-15-22-20-11-4-2-9-18(20)19-10-3-5-12-21(19)22/h2-5,9-12,16-17,22,26H,6-8,13-15H2,1H3. The molecule has 5 rings (SSSR count). The van der Waals surface area contributed by atoms with Crippen LogP contribution < -0.4 is 0 Å². The van der Waals surface area contributed by atoms with E-state index in [1.165, 1.54) is 28.7 Å². The Labute approximate surface area is 166 Å². The van der Waals surface area contributed by atoms with Crippen molar-refractivity contribution in [1.82, 2.24) is 4.90 Å². The number of carbonyl (C=O) groups excluding carboxylic acids is 1. The van der Waals surface area contributed by atoms with Gasteiger partial charge in [-0.3, -0.25) is 4.90 Å². The minimum absolute atomic E-state index is 0.0684. The molecule has 0 radical (unpaired) electrons. The van der Waals surface area contributed by atoms with Crippen LogP contribution in [0.25, 0.3) is 11.1 Å². The molecule has 1 heterocycles. The molecule has 4 heteroatoms. The van der Waals surface area contributed by atoms with Crippen molar-refractivity contribution in [2.45, 2.75) is 50.2 Å². The van der Waals surface area contributed by atoms with E-state index in [4.69, 9.17) is 4.74 Å². The lowest BCUT2D eigenvalue weighted by Crippen LogP contribution is -2.52. The molecule has 1 saturated carbocycles. The Kier molecular flexibility index (Phi) is 4.20. The second kappa shape index (κ2) is 6.63. The van der Waals surface area contributed by atoms with Gasteiger partial charge in [0.2, 0.25) is 0 Å². The van der Waals surface area contributed by atoms with Gasteiger partial charge in [0.05, 0.1) is 12.6 Å². The summed E-state index contributed by atoms with van der Waals surface area (Å²) in [6.07, 6.45) is 3.41. The summed E-state index contributed by atoms with van der Waals surface area (Å²) in [5.41, 5.74) is 4.63. The van der Waals surface area contributed by atoms with Crippen LogP contribution in [0.4, 0.5) is 4.79 Å². The van der Waals surface area contributed by atoms with Crippen LogP contribution in [0.5, 0.6) is 0 Å². The van der Waals surface area contributed by atoms with E-state index in [0.717, 1.165) is 12.8 Å². The van der Waals surface area contributed by atoms with Crippen molar-refractivity contribution in [2.24, 2.45) is 5.92 Å². The number of ether oxygens (including phenoxy) is 1. The van der Waals surface area contributed by atoms with E-state index >= 15 is 0 Å². The van der Waals surface area contributed by atoms with Gasteiger partial charge >= 0.3 is 6.09 Å². The fourth-order valence-corrected chi connectivity index (χ4v) is 5.44. The van der Waals surface area contributed by atoms with Crippen molar-refractivity contribution >= 4 is 6.09 Å². The smallest absolute Gasteiger partial charge is 0.410 e. The molecule has 1 amide bonds. The SMILES string of the molecule is CC1(C2CCC2)CC(O)CN1C(=O)OCC1c2ccccc2-c2ccccc21. The molecule has 0 bridgehead atoms. The monoisotopic (exact) mass is 377 g/mol. The minimum Gasteiger partial charge on any atom is -0.448 e. The largest absolute Gasteiger partial charge is 0.448 e. The van der Waals surface area contributed by atoms with Crippen molar-refractivity contribution in [1.29, 1.82) is 0 Å². The van der Waals surface area contributed by atoms with Gasteiger partial charge in [0.15, 0.2) is 0 Å². The molecule has 3 aliphatic rings. The second-order valence-electron chi connectivity index (χ2n) is 8.76. The van der Waals surface area contributed by atoms with Crippen LogP contribution in [0, 0.1) is 5.92 Å². The van der Waals surface area contributed by atoms with Gasteiger partial charge in [-0.05, 0) is 54.4 Å². The lowest BCUT2D eigenvalue weighted by Gasteiger charge is -2.45. The number of benzene rings is 2. The van der Waals surface area contributed by atoms with E-state index in [1.54, 1.807) is 4.90 Å². The van der Waals surface area contributed by atoms with Crippen molar-refractivity contribution in [3.63, 3.8) is 0 Å². The maximum Gasteiger partial charge on any atom is 0.410 e. The summed E-state index contributed by atoms with van der Waals surface area (Å²) in [4.78, 5) is 14.8. The number of nitrogens with zero attached hydrogens (tertiary/aromatic N) is 1. The van der Waals surface area contributed by atoms with Gasteiger partial charge < -0.3 is 9.84 Å². The number of hydrogen-bond donors (Lipinski definition) is 1. The Morgan fingerprint density at radius 2 is 1.71 bits per heavy atom. The molecule has 2 fully saturated rings. The predicted molar refractivity (Wildman–Crippen MR) is 108 cm³/mol. The number of hydrogen-bond acceptors (Lipinski definition) is 3. The molecule has 0 aromatic heterocycles. The highest BCUT2D eigenvalue weighted by atomic mass is 16.6. The Bertz CT molecular complexity index is 861. The number of aliphatic hydroxyl groups is 1. The molecular formula is C24H27NO3. The van der Waals surface area contributed by atoms with Gasteiger partial charge in [0.25, 0.3) is 0 Å². The average Bonchev–Trinajstić information content (AvgIpc) is 3.13. The van der Waals surface area contributed by atoms with Crippen LogP contribution in [0.15, 0.2) is 48.5 Å². The Hall–Kier alpha value is -2.33. The van der Waals surface area contributed by atoms with Crippen LogP contribution in [-0.4, -0.2) is 40.9 Å². The van der Waals surface area contributed by atoms with E-state index in [1.807, 2.05) is 12.1 Å². The van der Waals surface area contributed by atoms with Crippen LogP contribution in [0.1, 0.15) is 49.7 Å². The van der Waals surface area contributed by atoms with Gasteiger partial charge in [-0.25, -0.2) is 4.79 Å². The average molecular weight is 377 g/mol. The molecule has 2 atom stereocenters. The summed E-state index contributed by atoms with van der Waals surface area (Å²) in [5, 5.41) is 10.2. The molecule has 2 aromatic carbocycles. The molecule has 4 nitrogen and oxygen atoms in total. The lowest BCUT2D eigenvalue weighted by atomic mass is 9.70. The van der Waals surface area contributed by atoms with E-state index in [0.29, 0.717) is 25.5 Å². The first-order valence-electron chi connectivity index (χ1n) is 10.4. The number of carbonyl (C=O) groups is 1. The first kappa shape index (κ1) is 17.7. The summed E-state index contributed by atoms with van der Waals surface area (Å²) in [6.45, 7) is 2.83. The zero-order valence-corrected chi connectivity index (χ0v) is 16.3. The third-order valence-electron chi connectivity index (χ3n) is 7.20. The van der Waals surface area contributed by atoms with Crippen LogP contribution in [-0.2, 0) is 4.74 Å². The topological polar surface area (TPSA) is 49.8 Å². The van der Waals surface area contributed by atoms with Crippen molar-refractivity contribution in [2.75, 3.05) is 13.2 Å². The van der Waals surface area contributed by atoms with Crippen LogP contribution in [0.2, 0.25) is 0 Å². The molecule has 2 aromatic rings. The zero-order valence-electron chi connectivity index (χ0n) is 16.3. The summed E-state index contributed by atoms with van der Waals surface area (Å²) in [7, 11) is 0. The lowest BCUT2D eigenvalue weighted by molar-refractivity contribution is 0.0275. The van der Waals surface area contributed by atoms with Gasteiger partial charge in [0.1, 0.15) is 6.61 Å².